The van der Waals surface area contributed by atoms with Gasteiger partial charge >= 0.3 is 0 Å². The monoisotopic (exact) mass is 403 g/mol. The molecule has 1 aliphatic heterocycles. The predicted molar refractivity (Wildman–Crippen MR) is 86.7 cm³/mol. The number of aromatic nitrogens is 2. The molecule has 1 fully saturated rings. The first-order valence-electron chi connectivity index (χ1n) is 6.76. The summed E-state index contributed by atoms with van der Waals surface area (Å²) in [6, 6.07) is 5.97. The zero-order valence-electron chi connectivity index (χ0n) is 10.9. The van der Waals surface area contributed by atoms with Crippen molar-refractivity contribution in [2.24, 2.45) is 0 Å². The van der Waals surface area contributed by atoms with Gasteiger partial charge in [-0.3, -0.25) is 0 Å². The Hall–Kier alpha value is -0.660. The molecule has 0 bridgehead atoms. The van der Waals surface area contributed by atoms with Gasteiger partial charge in [0.2, 0.25) is 0 Å². The molecule has 1 atom stereocenters. The lowest BCUT2D eigenvalue weighted by Crippen LogP contribution is -2.21. The average molecular weight is 404 g/mol. The van der Waals surface area contributed by atoms with Crippen molar-refractivity contribution < 1.29 is 4.52 Å². The van der Waals surface area contributed by atoms with Crippen molar-refractivity contribution in [2.45, 2.75) is 31.7 Å². The number of nitrogens with one attached hydrogen (secondary N) is 1. The molecule has 106 valence electrons. The lowest BCUT2D eigenvalue weighted by molar-refractivity contribution is 0.402. The standard InChI is InChI=1S/C14H15ClIN3O/c15-10-8-9(5-6-11(10)16)14-18-13(19-20-14)12-4-2-1-3-7-17-12/h5-6,8,12,17H,1-4,7H2. The van der Waals surface area contributed by atoms with Gasteiger partial charge in [-0.15, -0.1) is 0 Å². The van der Waals surface area contributed by atoms with Crippen LogP contribution in [0.15, 0.2) is 22.7 Å². The zero-order chi connectivity index (χ0) is 13.9. The maximum Gasteiger partial charge on any atom is 0.258 e. The van der Waals surface area contributed by atoms with Crippen LogP contribution in [-0.2, 0) is 0 Å². The molecule has 2 aromatic rings. The van der Waals surface area contributed by atoms with Gasteiger partial charge in [-0.05, 0) is 60.2 Å². The minimum absolute atomic E-state index is 0.203. The van der Waals surface area contributed by atoms with Gasteiger partial charge in [-0.1, -0.05) is 29.6 Å². The minimum Gasteiger partial charge on any atom is -0.334 e. The third-order valence-electron chi connectivity index (χ3n) is 3.48. The molecule has 1 aliphatic rings. The van der Waals surface area contributed by atoms with E-state index < -0.39 is 0 Å². The Morgan fingerprint density at radius 3 is 3.05 bits per heavy atom. The van der Waals surface area contributed by atoms with Crippen molar-refractivity contribution >= 4 is 34.2 Å². The van der Waals surface area contributed by atoms with Crippen molar-refractivity contribution in [2.75, 3.05) is 6.54 Å². The number of hydrogen-bond acceptors (Lipinski definition) is 4. The fraction of sp³-hybridized carbons (Fsp3) is 0.429. The number of rotatable bonds is 2. The molecule has 1 unspecified atom stereocenters. The first kappa shape index (κ1) is 14.3. The van der Waals surface area contributed by atoms with E-state index in [1.54, 1.807) is 0 Å². The lowest BCUT2D eigenvalue weighted by Gasteiger charge is -2.09. The van der Waals surface area contributed by atoms with Gasteiger partial charge in [0.15, 0.2) is 5.82 Å². The first-order chi connectivity index (χ1) is 9.74. The van der Waals surface area contributed by atoms with E-state index >= 15 is 0 Å². The summed E-state index contributed by atoms with van der Waals surface area (Å²) in [5, 5.41) is 8.29. The van der Waals surface area contributed by atoms with Crippen LogP contribution in [0.2, 0.25) is 5.02 Å². The number of benzene rings is 1. The Kier molecular flexibility index (Phi) is 4.58. The van der Waals surface area contributed by atoms with E-state index in [1.807, 2.05) is 18.2 Å². The summed E-state index contributed by atoms with van der Waals surface area (Å²) in [4.78, 5) is 4.52. The van der Waals surface area contributed by atoms with Gasteiger partial charge in [0.1, 0.15) is 0 Å². The average Bonchev–Trinajstić information content (AvgIpc) is 2.78. The molecule has 1 N–H and O–H groups in total. The predicted octanol–water partition coefficient (Wildman–Crippen LogP) is 4.20. The van der Waals surface area contributed by atoms with Crippen molar-refractivity contribution in [3.63, 3.8) is 0 Å². The Balaban J connectivity index is 1.83. The van der Waals surface area contributed by atoms with Gasteiger partial charge in [-0.2, -0.15) is 4.98 Å². The summed E-state index contributed by atoms with van der Waals surface area (Å²) < 4.78 is 6.39. The second-order valence-electron chi connectivity index (χ2n) is 4.94. The van der Waals surface area contributed by atoms with E-state index in [0.29, 0.717) is 10.9 Å². The molecule has 0 amide bonds. The van der Waals surface area contributed by atoms with Gasteiger partial charge < -0.3 is 9.84 Å². The van der Waals surface area contributed by atoms with Crippen LogP contribution >= 0.6 is 34.2 Å². The van der Waals surface area contributed by atoms with Crippen molar-refractivity contribution in [1.82, 2.24) is 15.5 Å². The smallest absolute Gasteiger partial charge is 0.258 e. The van der Waals surface area contributed by atoms with Crippen molar-refractivity contribution in [3.05, 3.63) is 32.6 Å². The molecule has 3 rings (SSSR count). The molecule has 0 spiro atoms. The first-order valence-corrected chi connectivity index (χ1v) is 8.22. The molecule has 0 radical (unpaired) electrons. The van der Waals surface area contributed by atoms with Crippen LogP contribution in [-0.4, -0.2) is 16.7 Å². The van der Waals surface area contributed by atoms with Crippen LogP contribution in [0, 0.1) is 3.57 Å². The highest BCUT2D eigenvalue weighted by atomic mass is 127. The molecule has 0 saturated carbocycles. The van der Waals surface area contributed by atoms with Crippen LogP contribution in [0.25, 0.3) is 11.5 Å². The fourth-order valence-corrected chi connectivity index (χ4v) is 2.89. The lowest BCUT2D eigenvalue weighted by atomic mass is 10.1. The van der Waals surface area contributed by atoms with Crippen LogP contribution in [0.1, 0.15) is 37.5 Å². The molecule has 6 heteroatoms. The number of hydrogen-bond donors (Lipinski definition) is 1. The molecule has 2 heterocycles. The molecule has 20 heavy (non-hydrogen) atoms. The van der Waals surface area contributed by atoms with Crippen LogP contribution in [0.4, 0.5) is 0 Å². The highest BCUT2D eigenvalue weighted by Crippen LogP contribution is 2.27. The fourth-order valence-electron chi connectivity index (χ4n) is 2.37. The zero-order valence-corrected chi connectivity index (χ0v) is 13.8. The topological polar surface area (TPSA) is 51.0 Å². The number of halogens is 2. The van der Waals surface area contributed by atoms with Crippen LogP contribution in [0.5, 0.6) is 0 Å². The summed E-state index contributed by atoms with van der Waals surface area (Å²) in [5.74, 6) is 1.28. The van der Waals surface area contributed by atoms with Crippen LogP contribution < -0.4 is 5.32 Å². The highest BCUT2D eigenvalue weighted by Gasteiger charge is 2.20. The van der Waals surface area contributed by atoms with E-state index in [1.165, 1.54) is 19.3 Å². The Morgan fingerprint density at radius 2 is 2.20 bits per heavy atom. The molecule has 1 saturated heterocycles. The normalized spacial score (nSPS) is 19.8. The second kappa shape index (κ2) is 6.41. The Bertz CT molecular complexity index is 594. The summed E-state index contributed by atoms with van der Waals surface area (Å²) in [6.45, 7) is 1.02. The van der Waals surface area contributed by atoms with Crippen LogP contribution in [0.3, 0.4) is 0 Å². The molecular formula is C14H15ClIN3O. The molecule has 1 aromatic heterocycles. The van der Waals surface area contributed by atoms with Gasteiger partial charge in [-0.25, -0.2) is 0 Å². The molecule has 4 nitrogen and oxygen atoms in total. The van der Waals surface area contributed by atoms with Gasteiger partial charge in [0.25, 0.3) is 5.89 Å². The summed E-state index contributed by atoms with van der Waals surface area (Å²) in [6.07, 6.45) is 4.75. The third kappa shape index (κ3) is 3.15. The Labute approximate surface area is 136 Å². The van der Waals surface area contributed by atoms with E-state index in [-0.39, 0.29) is 6.04 Å². The summed E-state index contributed by atoms with van der Waals surface area (Å²) in [5.41, 5.74) is 0.864. The van der Waals surface area contributed by atoms with Crippen molar-refractivity contribution in [1.29, 1.82) is 0 Å². The molecule has 1 aromatic carbocycles. The Morgan fingerprint density at radius 1 is 1.30 bits per heavy atom. The maximum atomic E-state index is 6.13. The largest absolute Gasteiger partial charge is 0.334 e. The van der Waals surface area contributed by atoms with E-state index in [4.69, 9.17) is 16.1 Å². The third-order valence-corrected chi connectivity index (χ3v) is 5.05. The quantitative estimate of drug-likeness (QED) is 0.764. The van der Waals surface area contributed by atoms with Crippen molar-refractivity contribution in [3.8, 4) is 11.5 Å². The number of nitrogens with zero attached hydrogens (tertiary/aromatic N) is 2. The minimum atomic E-state index is 0.203. The van der Waals surface area contributed by atoms with Gasteiger partial charge in [0, 0.05) is 9.13 Å². The van der Waals surface area contributed by atoms with Gasteiger partial charge in [0.05, 0.1) is 11.1 Å². The second-order valence-corrected chi connectivity index (χ2v) is 6.51. The summed E-state index contributed by atoms with van der Waals surface area (Å²) in [7, 11) is 0. The van der Waals surface area contributed by atoms with E-state index in [9.17, 15) is 0 Å². The van der Waals surface area contributed by atoms with E-state index in [2.05, 4.69) is 38.0 Å². The maximum absolute atomic E-state index is 6.13. The van der Waals surface area contributed by atoms with E-state index in [0.717, 1.165) is 27.9 Å². The molecule has 0 aliphatic carbocycles. The molecular weight excluding hydrogens is 389 g/mol. The summed E-state index contributed by atoms with van der Waals surface area (Å²) >= 11 is 8.33. The SMILES string of the molecule is Clc1cc(-c2nc(C3CCCCCN3)no2)ccc1I. The highest BCUT2D eigenvalue weighted by molar-refractivity contribution is 14.1.